The second-order valence-electron chi connectivity index (χ2n) is 4.50. The summed E-state index contributed by atoms with van der Waals surface area (Å²) >= 11 is 0.794. The Hall–Kier alpha value is -2.66. The fraction of sp³-hybridized carbons (Fsp3) is 0.333. The molecule has 0 aliphatic heterocycles. The van der Waals surface area contributed by atoms with Crippen molar-refractivity contribution in [3.05, 3.63) is 27.8 Å². The molecule has 0 bridgehead atoms. The summed E-state index contributed by atoms with van der Waals surface area (Å²) in [6.07, 6.45) is 0. The van der Waals surface area contributed by atoms with Gasteiger partial charge in [0.15, 0.2) is 5.52 Å². The van der Waals surface area contributed by atoms with E-state index in [2.05, 4.69) is 8.75 Å². The maximum Gasteiger partial charge on any atom is 0.323 e. The summed E-state index contributed by atoms with van der Waals surface area (Å²) < 4.78 is 12.6. The van der Waals surface area contributed by atoms with Crippen molar-refractivity contribution in [2.24, 2.45) is 0 Å². The van der Waals surface area contributed by atoms with Gasteiger partial charge in [0.05, 0.1) is 23.3 Å². The second kappa shape index (κ2) is 7.07. The highest BCUT2D eigenvalue weighted by Crippen LogP contribution is 2.26. The van der Waals surface area contributed by atoms with Crippen molar-refractivity contribution in [2.75, 3.05) is 26.8 Å². The molecule has 0 aliphatic carbocycles. The highest BCUT2D eigenvalue weighted by atomic mass is 32.1. The van der Waals surface area contributed by atoms with E-state index in [0.29, 0.717) is 0 Å². The summed E-state index contributed by atoms with van der Waals surface area (Å²) in [5, 5.41) is 20.0. The number of non-ortho nitro benzene ring substituents is 1. The smallest absolute Gasteiger partial charge is 0.323 e. The summed E-state index contributed by atoms with van der Waals surface area (Å²) in [5.41, 5.74) is -0.0522. The van der Waals surface area contributed by atoms with Crippen molar-refractivity contribution >= 4 is 40.3 Å². The summed E-state index contributed by atoms with van der Waals surface area (Å²) in [5.74, 6) is -1.84. The van der Waals surface area contributed by atoms with E-state index in [9.17, 15) is 19.7 Å². The quantitative estimate of drug-likeness (QED) is 0.576. The lowest BCUT2D eigenvalue weighted by Crippen LogP contribution is -2.38. The highest BCUT2D eigenvalue weighted by Gasteiger charge is 2.24. The van der Waals surface area contributed by atoms with Gasteiger partial charge < -0.3 is 14.7 Å². The number of fused-ring (bicyclic) bond motifs is 1. The first-order chi connectivity index (χ1) is 10.9. The van der Waals surface area contributed by atoms with Gasteiger partial charge in [-0.2, -0.15) is 8.75 Å². The first-order valence-electron chi connectivity index (χ1n) is 6.34. The predicted octanol–water partition coefficient (Wildman–Crippen LogP) is 0.773. The van der Waals surface area contributed by atoms with E-state index in [-0.39, 0.29) is 35.4 Å². The molecule has 122 valence electrons. The fourth-order valence-corrected chi connectivity index (χ4v) is 2.47. The Morgan fingerprint density at radius 1 is 1.43 bits per heavy atom. The van der Waals surface area contributed by atoms with Crippen LogP contribution in [0.1, 0.15) is 10.4 Å². The SMILES string of the molecule is COCCN(CC(=O)O)C(=O)c1cc([N+](=O)[O-])c2nsnc2c1. The van der Waals surface area contributed by atoms with E-state index in [1.165, 1.54) is 13.2 Å². The van der Waals surface area contributed by atoms with Crippen LogP contribution < -0.4 is 0 Å². The first kappa shape index (κ1) is 16.7. The maximum atomic E-state index is 12.5. The van der Waals surface area contributed by atoms with Gasteiger partial charge in [-0.1, -0.05) is 0 Å². The number of ether oxygens (including phenoxy) is 1. The number of aliphatic carboxylic acids is 1. The van der Waals surface area contributed by atoms with Crippen LogP contribution in [0.4, 0.5) is 5.69 Å². The molecule has 10 nitrogen and oxygen atoms in total. The number of methoxy groups -OCH3 is 1. The normalized spacial score (nSPS) is 10.7. The van der Waals surface area contributed by atoms with Crippen molar-refractivity contribution < 1.29 is 24.4 Å². The van der Waals surface area contributed by atoms with Crippen LogP contribution in [-0.2, 0) is 9.53 Å². The molecule has 2 rings (SSSR count). The Balaban J connectivity index is 2.41. The number of hydrogen-bond donors (Lipinski definition) is 1. The van der Waals surface area contributed by atoms with Crippen LogP contribution in [-0.4, -0.2) is 62.4 Å². The molecule has 23 heavy (non-hydrogen) atoms. The van der Waals surface area contributed by atoms with E-state index < -0.39 is 23.3 Å². The number of amides is 1. The lowest BCUT2D eigenvalue weighted by molar-refractivity contribution is -0.383. The molecule has 1 amide bonds. The molecule has 1 heterocycles. The van der Waals surface area contributed by atoms with Gasteiger partial charge in [-0.25, -0.2) is 0 Å². The lowest BCUT2D eigenvalue weighted by Gasteiger charge is -2.20. The average Bonchev–Trinajstić information content (AvgIpc) is 2.97. The van der Waals surface area contributed by atoms with Gasteiger partial charge in [0, 0.05) is 25.3 Å². The topological polar surface area (TPSA) is 136 Å². The second-order valence-corrected chi connectivity index (χ2v) is 5.03. The number of carboxylic acid groups (broad SMARTS) is 1. The van der Waals surface area contributed by atoms with Crippen molar-refractivity contribution in [1.82, 2.24) is 13.6 Å². The summed E-state index contributed by atoms with van der Waals surface area (Å²) in [4.78, 5) is 34.9. The Bertz CT molecular complexity index is 761. The van der Waals surface area contributed by atoms with Crippen molar-refractivity contribution in [3.63, 3.8) is 0 Å². The average molecular weight is 340 g/mol. The van der Waals surface area contributed by atoms with Gasteiger partial charge in [0.25, 0.3) is 11.6 Å². The Kier molecular flexibility index (Phi) is 5.13. The maximum absolute atomic E-state index is 12.5. The molecule has 0 aliphatic rings. The van der Waals surface area contributed by atoms with Gasteiger partial charge >= 0.3 is 5.97 Å². The third-order valence-electron chi connectivity index (χ3n) is 2.96. The highest BCUT2D eigenvalue weighted by molar-refractivity contribution is 7.00. The zero-order valence-corrected chi connectivity index (χ0v) is 12.8. The predicted molar refractivity (Wildman–Crippen MR) is 79.5 cm³/mol. The summed E-state index contributed by atoms with van der Waals surface area (Å²) in [6, 6.07) is 2.43. The molecule has 0 atom stereocenters. The number of nitro benzene ring substituents is 1. The number of aromatic nitrogens is 2. The van der Waals surface area contributed by atoms with Crippen LogP contribution in [0.5, 0.6) is 0 Å². The zero-order chi connectivity index (χ0) is 17.0. The van der Waals surface area contributed by atoms with Gasteiger partial charge in [0.1, 0.15) is 12.1 Å². The number of carboxylic acids is 1. The molecule has 0 saturated carbocycles. The van der Waals surface area contributed by atoms with Gasteiger partial charge in [-0.3, -0.25) is 19.7 Å². The molecule has 1 N–H and O–H groups in total. The van der Waals surface area contributed by atoms with Crippen LogP contribution in [0, 0.1) is 10.1 Å². The van der Waals surface area contributed by atoms with E-state index in [1.54, 1.807) is 0 Å². The zero-order valence-electron chi connectivity index (χ0n) is 12.0. The molecule has 0 unspecified atom stereocenters. The lowest BCUT2D eigenvalue weighted by atomic mass is 10.1. The molecule has 0 spiro atoms. The Morgan fingerprint density at radius 3 is 2.78 bits per heavy atom. The van der Waals surface area contributed by atoms with Gasteiger partial charge in [-0.15, -0.1) is 0 Å². The number of rotatable bonds is 7. The van der Waals surface area contributed by atoms with Crippen LogP contribution >= 0.6 is 11.7 Å². The minimum Gasteiger partial charge on any atom is -0.480 e. The fourth-order valence-electron chi connectivity index (χ4n) is 1.93. The van der Waals surface area contributed by atoms with Crippen LogP contribution in [0.3, 0.4) is 0 Å². The van der Waals surface area contributed by atoms with Gasteiger partial charge in [-0.05, 0) is 6.07 Å². The molecule has 0 radical (unpaired) electrons. The van der Waals surface area contributed by atoms with Crippen molar-refractivity contribution in [1.29, 1.82) is 0 Å². The van der Waals surface area contributed by atoms with Gasteiger partial charge in [0.2, 0.25) is 0 Å². The molecule has 1 aromatic carbocycles. The number of benzene rings is 1. The van der Waals surface area contributed by atoms with E-state index in [4.69, 9.17) is 9.84 Å². The van der Waals surface area contributed by atoms with Crippen LogP contribution in [0.15, 0.2) is 12.1 Å². The standard InChI is InChI=1S/C12H12N4O6S/c1-22-3-2-15(6-10(17)18)12(19)7-4-8-11(14-23-13-8)9(5-7)16(20)21/h4-5H,2-3,6H2,1H3,(H,17,18). The molecule has 0 fully saturated rings. The molecule has 2 aromatic rings. The Morgan fingerprint density at radius 2 is 2.17 bits per heavy atom. The third kappa shape index (κ3) is 3.76. The number of nitro groups is 1. The summed E-state index contributed by atoms with van der Waals surface area (Å²) in [6.45, 7) is -0.353. The Labute approximate surface area is 133 Å². The third-order valence-corrected chi connectivity index (χ3v) is 3.51. The molecule has 1 aromatic heterocycles. The monoisotopic (exact) mass is 340 g/mol. The molecule has 11 heteroatoms. The first-order valence-corrected chi connectivity index (χ1v) is 7.07. The number of nitrogens with zero attached hydrogens (tertiary/aromatic N) is 4. The van der Waals surface area contributed by atoms with Crippen LogP contribution in [0.25, 0.3) is 11.0 Å². The van der Waals surface area contributed by atoms with E-state index in [0.717, 1.165) is 22.7 Å². The van der Waals surface area contributed by atoms with E-state index >= 15 is 0 Å². The van der Waals surface area contributed by atoms with Crippen LogP contribution in [0.2, 0.25) is 0 Å². The van der Waals surface area contributed by atoms with Crippen molar-refractivity contribution in [3.8, 4) is 0 Å². The molecular formula is C12H12N4O6S. The molecular weight excluding hydrogens is 328 g/mol. The minimum atomic E-state index is -1.19. The minimum absolute atomic E-state index is 0.0192. The summed E-state index contributed by atoms with van der Waals surface area (Å²) in [7, 11) is 1.42. The molecule has 0 saturated heterocycles. The van der Waals surface area contributed by atoms with Crippen molar-refractivity contribution in [2.45, 2.75) is 0 Å². The largest absolute Gasteiger partial charge is 0.480 e. The number of hydrogen-bond acceptors (Lipinski definition) is 8. The number of carbonyl (C=O) groups is 2. The van der Waals surface area contributed by atoms with E-state index in [1.807, 2.05) is 0 Å². The number of carbonyl (C=O) groups excluding carboxylic acids is 1.